The lowest BCUT2D eigenvalue weighted by Crippen LogP contribution is -2.51. The molecule has 0 aromatic heterocycles. The third-order valence-corrected chi connectivity index (χ3v) is 9.93. The van der Waals surface area contributed by atoms with Gasteiger partial charge in [0, 0.05) is 31.2 Å². The highest BCUT2D eigenvalue weighted by Crippen LogP contribution is 2.48. The van der Waals surface area contributed by atoms with Crippen molar-refractivity contribution >= 4 is 17.7 Å². The van der Waals surface area contributed by atoms with Gasteiger partial charge in [-0.2, -0.15) is 13.2 Å². The third kappa shape index (κ3) is 6.84. The molecule has 0 radical (unpaired) electrons. The van der Waals surface area contributed by atoms with Gasteiger partial charge >= 0.3 is 6.18 Å². The van der Waals surface area contributed by atoms with Crippen molar-refractivity contribution in [3.05, 3.63) is 131 Å². The highest BCUT2D eigenvalue weighted by molar-refractivity contribution is 6.01. The number of piperidine rings is 1. The van der Waals surface area contributed by atoms with Gasteiger partial charge in [0.15, 0.2) is 0 Å². The van der Waals surface area contributed by atoms with Crippen LogP contribution < -0.4 is 10.6 Å². The van der Waals surface area contributed by atoms with Gasteiger partial charge in [0.25, 0.3) is 5.91 Å². The molecular weight excluding hydrogens is 627 g/mol. The maximum absolute atomic E-state index is 14.1. The van der Waals surface area contributed by atoms with Gasteiger partial charge in [-0.1, -0.05) is 91.9 Å². The topological polar surface area (TPSA) is 78.5 Å². The zero-order valence-electron chi connectivity index (χ0n) is 27.4. The van der Waals surface area contributed by atoms with E-state index in [0.717, 1.165) is 35.2 Å². The van der Waals surface area contributed by atoms with E-state index in [1.807, 2.05) is 66.4 Å². The molecule has 2 atom stereocenters. The second-order valence-electron chi connectivity index (χ2n) is 12.9. The van der Waals surface area contributed by atoms with Crippen molar-refractivity contribution in [2.75, 3.05) is 19.6 Å². The SMILES string of the molecule is CCCNC(=O)C1(c2ccccc2)CCC(C(=O)N2CCC(NC(=O)c3ccccc3-c3ccc(C(F)(F)F)cc3)CC2)c2ccccc21. The summed E-state index contributed by atoms with van der Waals surface area (Å²) in [6.07, 6.45) is -1.44. The Hall–Kier alpha value is -4.92. The lowest BCUT2D eigenvalue weighted by atomic mass is 9.62. The molecule has 1 heterocycles. The van der Waals surface area contributed by atoms with Gasteiger partial charge < -0.3 is 15.5 Å². The molecule has 49 heavy (non-hydrogen) atoms. The number of fused-ring (bicyclic) bond motifs is 1. The molecule has 2 unspecified atom stereocenters. The summed E-state index contributed by atoms with van der Waals surface area (Å²) in [6.45, 7) is 3.55. The Labute approximate surface area is 284 Å². The van der Waals surface area contributed by atoms with E-state index in [9.17, 15) is 27.6 Å². The number of nitrogens with zero attached hydrogens (tertiary/aromatic N) is 1. The van der Waals surface area contributed by atoms with Crippen LogP contribution in [-0.2, 0) is 21.2 Å². The van der Waals surface area contributed by atoms with Crippen LogP contribution in [0.4, 0.5) is 13.2 Å². The molecule has 0 bridgehead atoms. The first-order valence-corrected chi connectivity index (χ1v) is 16.9. The van der Waals surface area contributed by atoms with Crippen LogP contribution in [0.2, 0.25) is 0 Å². The number of carbonyl (C=O) groups excluding carboxylic acids is 3. The van der Waals surface area contributed by atoms with E-state index >= 15 is 0 Å². The van der Waals surface area contributed by atoms with E-state index in [2.05, 4.69) is 10.6 Å². The van der Waals surface area contributed by atoms with E-state index in [4.69, 9.17) is 0 Å². The molecular formula is C40H40F3N3O3. The summed E-state index contributed by atoms with van der Waals surface area (Å²) in [4.78, 5) is 43.3. The van der Waals surface area contributed by atoms with Crippen molar-refractivity contribution in [3.63, 3.8) is 0 Å². The third-order valence-electron chi connectivity index (χ3n) is 9.93. The Balaban J connectivity index is 1.15. The fourth-order valence-electron chi connectivity index (χ4n) is 7.38. The molecule has 3 amide bonds. The Kier molecular flexibility index (Phi) is 9.90. The van der Waals surface area contributed by atoms with Crippen LogP contribution in [0.5, 0.6) is 0 Å². The predicted molar refractivity (Wildman–Crippen MR) is 183 cm³/mol. The molecule has 6 rings (SSSR count). The molecule has 254 valence electrons. The number of hydrogen-bond donors (Lipinski definition) is 2. The standard InChI is InChI=1S/C40H40F3N3O3/c1-2-24-44-38(49)39(28-10-4-3-5-11-28)23-20-34(32-13-8-9-15-35(32)39)37(48)46-25-21-30(22-26-46)45-36(47)33-14-7-6-12-31(33)27-16-18-29(19-17-27)40(41,42)43/h3-19,30,34H,2,20-26H2,1H3,(H,44,49)(H,45,47). The summed E-state index contributed by atoms with van der Waals surface area (Å²) < 4.78 is 39.3. The highest BCUT2D eigenvalue weighted by atomic mass is 19.4. The molecule has 4 aromatic rings. The zero-order valence-corrected chi connectivity index (χ0v) is 27.4. The molecule has 2 aliphatic rings. The quantitative estimate of drug-likeness (QED) is 0.205. The molecule has 6 nitrogen and oxygen atoms in total. The maximum Gasteiger partial charge on any atom is 0.416 e. The van der Waals surface area contributed by atoms with E-state index in [0.29, 0.717) is 62.0 Å². The molecule has 1 aliphatic heterocycles. The van der Waals surface area contributed by atoms with Crippen molar-refractivity contribution in [2.24, 2.45) is 0 Å². The van der Waals surface area contributed by atoms with Crippen molar-refractivity contribution in [1.29, 1.82) is 0 Å². The molecule has 0 spiro atoms. The molecule has 1 fully saturated rings. The minimum absolute atomic E-state index is 0.0282. The molecule has 4 aromatic carbocycles. The Morgan fingerprint density at radius 2 is 1.47 bits per heavy atom. The van der Waals surface area contributed by atoms with Crippen molar-refractivity contribution in [1.82, 2.24) is 15.5 Å². The van der Waals surface area contributed by atoms with Gasteiger partial charge in [-0.05, 0) is 78.1 Å². The van der Waals surface area contributed by atoms with E-state index in [1.165, 1.54) is 12.1 Å². The average molecular weight is 668 g/mol. The van der Waals surface area contributed by atoms with Crippen molar-refractivity contribution in [3.8, 4) is 11.1 Å². The monoisotopic (exact) mass is 667 g/mol. The fraction of sp³-hybridized carbons (Fsp3) is 0.325. The Morgan fingerprint density at radius 1 is 0.816 bits per heavy atom. The van der Waals surface area contributed by atoms with Gasteiger partial charge in [0.05, 0.1) is 16.9 Å². The first kappa shape index (κ1) is 34.0. The largest absolute Gasteiger partial charge is 0.416 e. The van der Waals surface area contributed by atoms with Crippen LogP contribution in [0.15, 0.2) is 103 Å². The van der Waals surface area contributed by atoms with Gasteiger partial charge in [0.2, 0.25) is 11.8 Å². The van der Waals surface area contributed by atoms with Crippen molar-refractivity contribution < 1.29 is 27.6 Å². The number of benzene rings is 4. The number of hydrogen-bond acceptors (Lipinski definition) is 3. The summed E-state index contributed by atoms with van der Waals surface area (Å²) in [6, 6.07) is 29.1. The molecule has 1 saturated heterocycles. The molecule has 2 N–H and O–H groups in total. The minimum atomic E-state index is -4.44. The lowest BCUT2D eigenvalue weighted by molar-refractivity contribution is -0.137. The summed E-state index contributed by atoms with van der Waals surface area (Å²) in [5, 5.41) is 6.22. The summed E-state index contributed by atoms with van der Waals surface area (Å²) in [7, 11) is 0. The van der Waals surface area contributed by atoms with Crippen molar-refractivity contribution in [2.45, 2.75) is 62.6 Å². The molecule has 0 saturated carbocycles. The van der Waals surface area contributed by atoms with Crippen LogP contribution in [0.3, 0.4) is 0 Å². The number of carbonyl (C=O) groups is 3. The molecule has 9 heteroatoms. The number of likely N-dealkylation sites (tertiary alicyclic amines) is 1. The number of halogens is 3. The van der Waals surface area contributed by atoms with Gasteiger partial charge in [-0.25, -0.2) is 0 Å². The number of rotatable bonds is 8. The first-order chi connectivity index (χ1) is 23.6. The first-order valence-electron chi connectivity index (χ1n) is 16.9. The zero-order chi connectivity index (χ0) is 34.6. The summed E-state index contributed by atoms with van der Waals surface area (Å²) in [5.74, 6) is -0.704. The Bertz CT molecular complexity index is 1800. The van der Waals surface area contributed by atoms with Crippen LogP contribution in [0.25, 0.3) is 11.1 Å². The Morgan fingerprint density at radius 3 is 2.16 bits per heavy atom. The highest BCUT2D eigenvalue weighted by Gasteiger charge is 2.48. The van der Waals surface area contributed by atoms with E-state index in [-0.39, 0.29) is 29.7 Å². The predicted octanol–water partition coefficient (Wildman–Crippen LogP) is 7.48. The smallest absolute Gasteiger partial charge is 0.355 e. The van der Waals surface area contributed by atoms with Gasteiger partial charge in [-0.3, -0.25) is 14.4 Å². The number of amides is 3. The average Bonchev–Trinajstić information content (AvgIpc) is 3.13. The van der Waals surface area contributed by atoms with E-state index < -0.39 is 17.2 Å². The normalized spacial score (nSPS) is 19.5. The molecule has 1 aliphatic carbocycles. The van der Waals surface area contributed by atoms with Gasteiger partial charge in [-0.15, -0.1) is 0 Å². The number of alkyl halides is 3. The maximum atomic E-state index is 14.1. The number of nitrogens with one attached hydrogen (secondary N) is 2. The fourth-order valence-corrected chi connectivity index (χ4v) is 7.38. The van der Waals surface area contributed by atoms with Crippen LogP contribution in [-0.4, -0.2) is 48.3 Å². The summed E-state index contributed by atoms with van der Waals surface area (Å²) >= 11 is 0. The second kappa shape index (κ2) is 14.3. The second-order valence-corrected chi connectivity index (χ2v) is 12.9. The van der Waals surface area contributed by atoms with Crippen LogP contribution >= 0.6 is 0 Å². The van der Waals surface area contributed by atoms with E-state index in [1.54, 1.807) is 24.3 Å². The minimum Gasteiger partial charge on any atom is -0.355 e. The van der Waals surface area contributed by atoms with Crippen LogP contribution in [0.1, 0.15) is 77.6 Å². The summed E-state index contributed by atoms with van der Waals surface area (Å²) in [5.41, 5.74) is 2.47. The lowest BCUT2D eigenvalue weighted by Gasteiger charge is -2.42. The van der Waals surface area contributed by atoms with Gasteiger partial charge in [0.1, 0.15) is 0 Å². The van der Waals surface area contributed by atoms with Crippen LogP contribution in [0, 0.1) is 0 Å².